The van der Waals surface area contributed by atoms with Crippen molar-refractivity contribution in [1.82, 2.24) is 10.3 Å². The topological polar surface area (TPSA) is 72.2 Å². The van der Waals surface area contributed by atoms with Gasteiger partial charge in [-0.1, -0.05) is 11.6 Å². The third-order valence-electron chi connectivity index (χ3n) is 2.85. The molecule has 0 saturated heterocycles. The molecule has 106 valence electrons. The number of aromatic nitrogens is 1. The van der Waals surface area contributed by atoms with E-state index in [1.807, 2.05) is 5.38 Å². The zero-order chi connectivity index (χ0) is 14.8. The predicted octanol–water partition coefficient (Wildman–Crippen LogP) is 2.83. The van der Waals surface area contributed by atoms with Gasteiger partial charge in [-0.2, -0.15) is 0 Å². The summed E-state index contributed by atoms with van der Waals surface area (Å²) in [5, 5.41) is 5.56. The van der Waals surface area contributed by atoms with Crippen LogP contribution in [0.1, 0.15) is 16.1 Å². The van der Waals surface area contributed by atoms with E-state index >= 15 is 0 Å². The lowest BCUT2D eigenvalue weighted by Crippen LogP contribution is -2.27. The molecule has 1 aromatic carbocycles. The van der Waals surface area contributed by atoms with Crippen molar-refractivity contribution in [2.24, 2.45) is 0 Å². The number of thiazole rings is 1. The minimum Gasteiger partial charge on any atom is -0.422 e. The number of amides is 1. The summed E-state index contributed by atoms with van der Waals surface area (Å²) in [6, 6.07) is 6.32. The number of fused-ring (bicyclic) bond motifs is 1. The Morgan fingerprint density at radius 3 is 3.00 bits per heavy atom. The van der Waals surface area contributed by atoms with Gasteiger partial charge in [0.15, 0.2) is 0 Å². The Balaban J connectivity index is 1.90. The van der Waals surface area contributed by atoms with Gasteiger partial charge in [0.2, 0.25) is 0 Å². The number of nitrogens with zero attached hydrogens (tertiary/aromatic N) is 1. The number of carbonyl (C=O) groups is 1. The van der Waals surface area contributed by atoms with E-state index in [4.69, 9.17) is 16.0 Å². The zero-order valence-corrected chi connectivity index (χ0v) is 12.2. The first kappa shape index (κ1) is 13.8. The first-order chi connectivity index (χ1) is 10.1. The van der Waals surface area contributed by atoms with E-state index in [1.54, 1.807) is 23.7 Å². The lowest BCUT2D eigenvalue weighted by Gasteiger charge is -2.04. The normalized spacial score (nSPS) is 10.7. The Hall–Kier alpha value is -2.18. The Kier molecular flexibility index (Phi) is 3.72. The molecular formula is C14H9ClN2O3S. The average Bonchev–Trinajstić information content (AvgIpc) is 2.98. The average molecular weight is 321 g/mol. The molecule has 0 spiro atoms. The molecule has 0 saturated carbocycles. The van der Waals surface area contributed by atoms with Crippen LogP contribution in [0.15, 0.2) is 44.4 Å². The molecule has 5 nitrogen and oxygen atoms in total. The molecule has 0 radical (unpaired) electrons. The van der Waals surface area contributed by atoms with Gasteiger partial charge in [-0.25, -0.2) is 9.78 Å². The van der Waals surface area contributed by atoms with Crippen molar-refractivity contribution < 1.29 is 9.21 Å². The van der Waals surface area contributed by atoms with Crippen molar-refractivity contribution in [3.05, 3.63) is 61.9 Å². The second-order valence-corrected chi connectivity index (χ2v) is 5.45. The number of nitrogens with one attached hydrogen (secondary N) is 1. The zero-order valence-electron chi connectivity index (χ0n) is 10.6. The van der Waals surface area contributed by atoms with E-state index < -0.39 is 11.5 Å². The molecule has 2 aromatic heterocycles. The van der Waals surface area contributed by atoms with Crippen LogP contribution >= 0.6 is 22.9 Å². The van der Waals surface area contributed by atoms with Crippen molar-refractivity contribution in [3.8, 4) is 0 Å². The lowest BCUT2D eigenvalue weighted by molar-refractivity contribution is 0.0947. The molecule has 0 bridgehead atoms. The number of halogens is 1. The predicted molar refractivity (Wildman–Crippen MR) is 80.8 cm³/mol. The first-order valence-corrected chi connectivity index (χ1v) is 7.34. The van der Waals surface area contributed by atoms with Crippen LogP contribution in [0.2, 0.25) is 5.02 Å². The Bertz CT molecular complexity index is 858. The third-order valence-corrected chi connectivity index (χ3v) is 3.72. The summed E-state index contributed by atoms with van der Waals surface area (Å²) >= 11 is 7.33. The summed E-state index contributed by atoms with van der Waals surface area (Å²) in [4.78, 5) is 28.0. The largest absolute Gasteiger partial charge is 0.422 e. The molecule has 1 N–H and O–H groups in total. The molecule has 0 unspecified atom stereocenters. The first-order valence-electron chi connectivity index (χ1n) is 6.02. The van der Waals surface area contributed by atoms with E-state index in [9.17, 15) is 9.59 Å². The van der Waals surface area contributed by atoms with Crippen LogP contribution in [0, 0.1) is 0 Å². The summed E-state index contributed by atoms with van der Waals surface area (Å²) in [5.41, 5.74) is 2.07. The SMILES string of the molecule is O=C(NCc1cscn1)c1cc2cc(Cl)ccc2oc1=O. The summed E-state index contributed by atoms with van der Waals surface area (Å²) in [7, 11) is 0. The standard InChI is InChI=1S/C14H9ClN2O3S/c15-9-1-2-12-8(3-9)4-11(14(19)20-12)13(18)16-5-10-6-21-7-17-10/h1-4,6-7H,5H2,(H,16,18). The fourth-order valence-electron chi connectivity index (χ4n) is 1.84. The van der Waals surface area contributed by atoms with Crippen LogP contribution in [-0.2, 0) is 6.54 Å². The van der Waals surface area contributed by atoms with Crippen molar-refractivity contribution in [2.45, 2.75) is 6.54 Å². The molecule has 3 aromatic rings. The number of carbonyl (C=O) groups excluding carboxylic acids is 1. The van der Waals surface area contributed by atoms with Gasteiger partial charge in [0.05, 0.1) is 17.7 Å². The highest BCUT2D eigenvalue weighted by molar-refractivity contribution is 7.07. The van der Waals surface area contributed by atoms with Gasteiger partial charge in [-0.05, 0) is 24.3 Å². The van der Waals surface area contributed by atoms with Crippen LogP contribution in [0.4, 0.5) is 0 Å². The highest BCUT2D eigenvalue weighted by Gasteiger charge is 2.14. The van der Waals surface area contributed by atoms with Gasteiger partial charge in [0, 0.05) is 15.8 Å². The summed E-state index contributed by atoms with van der Waals surface area (Å²) in [6.07, 6.45) is 0. The second kappa shape index (κ2) is 5.67. The highest BCUT2D eigenvalue weighted by atomic mass is 35.5. The summed E-state index contributed by atoms with van der Waals surface area (Å²) < 4.78 is 5.12. The van der Waals surface area contributed by atoms with Gasteiger partial charge in [-0.15, -0.1) is 11.3 Å². The third kappa shape index (κ3) is 2.96. The van der Waals surface area contributed by atoms with Crippen LogP contribution in [-0.4, -0.2) is 10.9 Å². The molecule has 7 heteroatoms. The smallest absolute Gasteiger partial charge is 0.349 e. The fourth-order valence-corrected chi connectivity index (χ4v) is 2.58. The number of rotatable bonds is 3. The summed E-state index contributed by atoms with van der Waals surface area (Å²) in [6.45, 7) is 0.259. The van der Waals surface area contributed by atoms with Crippen LogP contribution in [0.5, 0.6) is 0 Å². The quantitative estimate of drug-likeness (QED) is 0.753. The van der Waals surface area contributed by atoms with Crippen LogP contribution < -0.4 is 10.9 Å². The van der Waals surface area contributed by atoms with E-state index in [2.05, 4.69) is 10.3 Å². The van der Waals surface area contributed by atoms with Crippen LogP contribution in [0.3, 0.4) is 0 Å². The van der Waals surface area contributed by atoms with Crippen molar-refractivity contribution in [2.75, 3.05) is 0 Å². The van der Waals surface area contributed by atoms with Crippen molar-refractivity contribution >= 4 is 39.8 Å². The summed E-state index contributed by atoms with van der Waals surface area (Å²) in [5.74, 6) is -0.501. The van der Waals surface area contributed by atoms with E-state index in [0.29, 0.717) is 16.0 Å². The number of hydrogen-bond donors (Lipinski definition) is 1. The van der Waals surface area contributed by atoms with Crippen molar-refractivity contribution in [3.63, 3.8) is 0 Å². The molecule has 0 atom stereocenters. The minimum absolute atomic E-state index is 0.0556. The minimum atomic E-state index is -0.680. The van der Waals surface area contributed by atoms with E-state index in [1.165, 1.54) is 17.4 Å². The highest BCUT2D eigenvalue weighted by Crippen LogP contribution is 2.18. The maximum absolute atomic E-state index is 12.1. The Morgan fingerprint density at radius 2 is 2.24 bits per heavy atom. The lowest BCUT2D eigenvalue weighted by atomic mass is 10.2. The number of benzene rings is 1. The number of hydrogen-bond acceptors (Lipinski definition) is 5. The molecule has 0 aliphatic carbocycles. The molecular weight excluding hydrogens is 312 g/mol. The van der Waals surface area contributed by atoms with Gasteiger partial charge >= 0.3 is 5.63 Å². The molecule has 21 heavy (non-hydrogen) atoms. The molecule has 0 aliphatic rings. The van der Waals surface area contributed by atoms with Gasteiger partial charge in [-0.3, -0.25) is 4.79 Å². The molecule has 0 aliphatic heterocycles. The van der Waals surface area contributed by atoms with Gasteiger partial charge in [0.1, 0.15) is 11.1 Å². The maximum Gasteiger partial charge on any atom is 0.349 e. The van der Waals surface area contributed by atoms with E-state index in [0.717, 1.165) is 5.69 Å². The second-order valence-electron chi connectivity index (χ2n) is 4.29. The molecule has 0 fully saturated rings. The van der Waals surface area contributed by atoms with Gasteiger partial charge in [0.25, 0.3) is 5.91 Å². The van der Waals surface area contributed by atoms with E-state index in [-0.39, 0.29) is 12.1 Å². The van der Waals surface area contributed by atoms with Gasteiger partial charge < -0.3 is 9.73 Å². The van der Waals surface area contributed by atoms with Crippen molar-refractivity contribution in [1.29, 1.82) is 0 Å². The fraction of sp³-hybridized carbons (Fsp3) is 0.0714. The maximum atomic E-state index is 12.1. The molecule has 1 amide bonds. The molecule has 2 heterocycles. The molecule has 3 rings (SSSR count). The Labute approximate surface area is 128 Å². The monoisotopic (exact) mass is 320 g/mol. The van der Waals surface area contributed by atoms with Crippen LogP contribution in [0.25, 0.3) is 11.0 Å². The Morgan fingerprint density at radius 1 is 1.38 bits per heavy atom.